The number of carbonyl (C=O) groups is 2. The molecule has 2 amide bonds. The number of benzene rings is 1. The first-order valence-corrected chi connectivity index (χ1v) is 5.88. The normalized spacial score (nSPS) is 11.7. The van der Waals surface area contributed by atoms with Crippen molar-refractivity contribution in [2.75, 3.05) is 0 Å². The Morgan fingerprint density at radius 3 is 2.39 bits per heavy atom. The molecule has 18 heavy (non-hydrogen) atoms. The molecule has 0 heterocycles. The molecule has 1 atom stereocenters. The van der Waals surface area contributed by atoms with Gasteiger partial charge in [0.1, 0.15) is 11.9 Å². The third-order valence-corrected chi connectivity index (χ3v) is 2.50. The highest BCUT2D eigenvalue weighted by molar-refractivity contribution is 9.11. The standard InChI is InChI=1S/C12H12BrFN2O2/c1-7(13)6-10(11(15)17)16-12(18)8-2-4-9(14)5-3-8/h2-5,10H,1,6H2,(H2,15,17)(H,16,18)/t10-/m0/s1. The molecule has 0 radical (unpaired) electrons. The topological polar surface area (TPSA) is 72.2 Å². The van der Waals surface area contributed by atoms with E-state index in [1.807, 2.05) is 0 Å². The summed E-state index contributed by atoms with van der Waals surface area (Å²) in [5, 5.41) is 2.46. The van der Waals surface area contributed by atoms with Gasteiger partial charge in [-0.25, -0.2) is 4.39 Å². The summed E-state index contributed by atoms with van der Waals surface area (Å²) in [6.45, 7) is 3.58. The predicted molar refractivity (Wildman–Crippen MR) is 69.5 cm³/mol. The van der Waals surface area contributed by atoms with Crippen LogP contribution in [0.5, 0.6) is 0 Å². The summed E-state index contributed by atoms with van der Waals surface area (Å²) < 4.78 is 13.2. The maximum absolute atomic E-state index is 12.7. The summed E-state index contributed by atoms with van der Waals surface area (Å²) in [6.07, 6.45) is 0.197. The van der Waals surface area contributed by atoms with Crippen LogP contribution in [0, 0.1) is 5.82 Å². The molecule has 0 saturated heterocycles. The summed E-state index contributed by atoms with van der Waals surface area (Å²) in [7, 11) is 0. The van der Waals surface area contributed by atoms with Crippen LogP contribution >= 0.6 is 15.9 Å². The van der Waals surface area contributed by atoms with E-state index in [0.717, 1.165) is 12.1 Å². The predicted octanol–water partition coefficient (Wildman–Crippen LogP) is 1.71. The van der Waals surface area contributed by atoms with E-state index in [-0.39, 0.29) is 12.0 Å². The van der Waals surface area contributed by atoms with Crippen LogP contribution in [0.2, 0.25) is 0 Å². The molecule has 6 heteroatoms. The van der Waals surface area contributed by atoms with Crippen LogP contribution in [-0.2, 0) is 4.79 Å². The van der Waals surface area contributed by atoms with Crippen LogP contribution < -0.4 is 11.1 Å². The lowest BCUT2D eigenvalue weighted by atomic mass is 10.1. The highest BCUT2D eigenvalue weighted by Crippen LogP contribution is 2.11. The van der Waals surface area contributed by atoms with Crippen LogP contribution in [0.15, 0.2) is 35.3 Å². The Labute approximate surface area is 112 Å². The Bertz CT molecular complexity index is 473. The second kappa shape index (κ2) is 6.30. The quantitative estimate of drug-likeness (QED) is 0.868. The molecular weight excluding hydrogens is 303 g/mol. The van der Waals surface area contributed by atoms with Crippen molar-refractivity contribution in [1.29, 1.82) is 0 Å². The summed E-state index contributed by atoms with van der Waals surface area (Å²) in [5.74, 6) is -1.59. The Morgan fingerprint density at radius 1 is 1.39 bits per heavy atom. The average Bonchev–Trinajstić information content (AvgIpc) is 2.28. The van der Waals surface area contributed by atoms with E-state index in [0.29, 0.717) is 4.48 Å². The fourth-order valence-corrected chi connectivity index (χ4v) is 1.61. The van der Waals surface area contributed by atoms with E-state index in [1.165, 1.54) is 12.1 Å². The Hall–Kier alpha value is -1.69. The van der Waals surface area contributed by atoms with Crippen LogP contribution in [0.3, 0.4) is 0 Å². The maximum Gasteiger partial charge on any atom is 0.251 e. The summed E-state index contributed by atoms with van der Waals surface area (Å²) >= 11 is 3.10. The number of primary amides is 1. The maximum atomic E-state index is 12.7. The van der Waals surface area contributed by atoms with Gasteiger partial charge in [-0.05, 0) is 28.7 Å². The fourth-order valence-electron chi connectivity index (χ4n) is 1.29. The lowest BCUT2D eigenvalue weighted by Gasteiger charge is -2.14. The van der Waals surface area contributed by atoms with E-state index >= 15 is 0 Å². The zero-order valence-corrected chi connectivity index (χ0v) is 11.0. The lowest BCUT2D eigenvalue weighted by molar-refractivity contribution is -0.119. The molecule has 0 saturated carbocycles. The zero-order valence-electron chi connectivity index (χ0n) is 9.45. The fraction of sp³-hybridized carbons (Fsp3) is 0.167. The monoisotopic (exact) mass is 314 g/mol. The van der Waals surface area contributed by atoms with Crippen molar-refractivity contribution in [1.82, 2.24) is 5.32 Å². The number of rotatable bonds is 5. The highest BCUT2D eigenvalue weighted by Gasteiger charge is 2.19. The third-order valence-electron chi connectivity index (χ3n) is 2.18. The molecule has 1 aromatic carbocycles. The Balaban J connectivity index is 2.75. The van der Waals surface area contributed by atoms with E-state index in [4.69, 9.17) is 5.73 Å². The van der Waals surface area contributed by atoms with Gasteiger partial charge in [-0.2, -0.15) is 0 Å². The number of hydrogen-bond acceptors (Lipinski definition) is 2. The average molecular weight is 315 g/mol. The number of carbonyl (C=O) groups excluding carboxylic acids is 2. The molecule has 1 rings (SSSR count). The molecule has 1 aromatic rings. The first-order valence-electron chi connectivity index (χ1n) is 5.09. The van der Waals surface area contributed by atoms with Crippen molar-refractivity contribution in [2.45, 2.75) is 12.5 Å². The molecule has 4 nitrogen and oxygen atoms in total. The van der Waals surface area contributed by atoms with Crippen molar-refractivity contribution in [3.8, 4) is 0 Å². The van der Waals surface area contributed by atoms with Crippen molar-refractivity contribution in [3.05, 3.63) is 46.7 Å². The van der Waals surface area contributed by atoms with E-state index in [2.05, 4.69) is 27.8 Å². The minimum absolute atomic E-state index is 0.197. The number of amides is 2. The molecule has 0 aliphatic heterocycles. The molecule has 0 bridgehead atoms. The van der Waals surface area contributed by atoms with Gasteiger partial charge in [0.15, 0.2) is 0 Å². The van der Waals surface area contributed by atoms with E-state index < -0.39 is 23.7 Å². The van der Waals surface area contributed by atoms with Gasteiger partial charge in [0, 0.05) is 12.0 Å². The summed E-state index contributed by atoms with van der Waals surface area (Å²) in [5.41, 5.74) is 5.41. The number of hydrogen-bond donors (Lipinski definition) is 2. The summed E-state index contributed by atoms with van der Waals surface area (Å²) in [4.78, 5) is 22.9. The molecule has 0 aliphatic carbocycles. The van der Waals surface area contributed by atoms with Gasteiger partial charge in [0.25, 0.3) is 5.91 Å². The van der Waals surface area contributed by atoms with Gasteiger partial charge in [0.05, 0.1) is 0 Å². The highest BCUT2D eigenvalue weighted by atomic mass is 79.9. The van der Waals surface area contributed by atoms with Crippen LogP contribution in [0.4, 0.5) is 4.39 Å². The smallest absolute Gasteiger partial charge is 0.251 e. The minimum atomic E-state index is -0.852. The van der Waals surface area contributed by atoms with Gasteiger partial charge in [0.2, 0.25) is 5.91 Å². The molecule has 0 fully saturated rings. The lowest BCUT2D eigenvalue weighted by Crippen LogP contribution is -2.44. The van der Waals surface area contributed by atoms with Crippen LogP contribution in [0.1, 0.15) is 16.8 Å². The van der Waals surface area contributed by atoms with Crippen molar-refractivity contribution >= 4 is 27.7 Å². The zero-order chi connectivity index (χ0) is 13.7. The van der Waals surface area contributed by atoms with Gasteiger partial charge in [-0.3, -0.25) is 9.59 Å². The van der Waals surface area contributed by atoms with E-state index in [1.54, 1.807) is 0 Å². The number of nitrogens with two attached hydrogens (primary N) is 1. The third kappa shape index (κ3) is 4.29. The Kier molecular flexibility index (Phi) is 5.03. The first-order chi connectivity index (χ1) is 8.40. The molecular formula is C12H12BrFN2O2. The van der Waals surface area contributed by atoms with Crippen LogP contribution in [0.25, 0.3) is 0 Å². The molecule has 3 N–H and O–H groups in total. The SMILES string of the molecule is C=C(Br)C[C@H](NC(=O)c1ccc(F)cc1)C(N)=O. The van der Waals surface area contributed by atoms with Crippen molar-refractivity contribution < 1.29 is 14.0 Å². The van der Waals surface area contributed by atoms with Gasteiger partial charge in [-0.15, -0.1) is 0 Å². The molecule has 96 valence electrons. The minimum Gasteiger partial charge on any atom is -0.368 e. The van der Waals surface area contributed by atoms with Gasteiger partial charge >= 0.3 is 0 Å². The van der Waals surface area contributed by atoms with Gasteiger partial charge in [-0.1, -0.05) is 22.5 Å². The number of nitrogens with one attached hydrogen (secondary N) is 1. The van der Waals surface area contributed by atoms with Crippen LogP contribution in [-0.4, -0.2) is 17.9 Å². The van der Waals surface area contributed by atoms with Crippen molar-refractivity contribution in [3.63, 3.8) is 0 Å². The molecule has 0 aliphatic rings. The second-order valence-corrected chi connectivity index (χ2v) is 4.78. The van der Waals surface area contributed by atoms with Gasteiger partial charge < -0.3 is 11.1 Å². The Morgan fingerprint density at radius 2 is 1.94 bits per heavy atom. The number of halogens is 2. The second-order valence-electron chi connectivity index (χ2n) is 3.66. The largest absolute Gasteiger partial charge is 0.368 e. The molecule has 0 aromatic heterocycles. The first kappa shape index (κ1) is 14.4. The van der Waals surface area contributed by atoms with E-state index in [9.17, 15) is 14.0 Å². The van der Waals surface area contributed by atoms with Crippen molar-refractivity contribution in [2.24, 2.45) is 5.73 Å². The molecule has 0 spiro atoms. The summed E-state index contributed by atoms with van der Waals surface area (Å²) in [6, 6.07) is 4.13. The molecule has 0 unspecified atom stereocenters.